The average Bonchev–Trinajstić information content (AvgIpc) is 3.02. The summed E-state index contributed by atoms with van der Waals surface area (Å²) in [6.45, 7) is 3.25. The van der Waals surface area contributed by atoms with E-state index in [0.29, 0.717) is 6.54 Å². The lowest BCUT2D eigenvalue weighted by Gasteiger charge is -2.12. The molecule has 0 amide bonds. The van der Waals surface area contributed by atoms with Crippen LogP contribution >= 0.6 is 11.8 Å². The summed E-state index contributed by atoms with van der Waals surface area (Å²) in [5, 5.41) is 4.54. The molecule has 0 bridgehead atoms. The molecule has 2 aromatic rings. The van der Waals surface area contributed by atoms with E-state index in [-0.39, 0.29) is 5.78 Å². The lowest BCUT2D eigenvalue weighted by molar-refractivity contribution is 0.0963. The van der Waals surface area contributed by atoms with Gasteiger partial charge in [0, 0.05) is 18.3 Å². The van der Waals surface area contributed by atoms with Gasteiger partial charge in [0.25, 0.3) is 0 Å². The Bertz CT molecular complexity index is 695. The fourth-order valence-electron chi connectivity index (χ4n) is 2.38. The van der Waals surface area contributed by atoms with Crippen LogP contribution in [0.25, 0.3) is 0 Å². The molecule has 1 aliphatic heterocycles. The number of carbonyl (C=O) groups excluding carboxylic acids is 1. The first-order valence-corrected chi connectivity index (χ1v) is 8.65. The Morgan fingerprint density at radius 3 is 2.61 bits per heavy atom. The molecular formula is C19H20N2OS. The van der Waals surface area contributed by atoms with Crippen LogP contribution < -0.4 is 5.32 Å². The number of nitrogens with one attached hydrogen (secondary N) is 1. The van der Waals surface area contributed by atoms with E-state index in [0.717, 1.165) is 23.0 Å². The molecule has 0 unspecified atom stereocenters. The molecule has 4 heteroatoms. The van der Waals surface area contributed by atoms with Crippen LogP contribution in [0.4, 0.5) is 0 Å². The summed E-state index contributed by atoms with van der Waals surface area (Å²) < 4.78 is 0. The second kappa shape index (κ2) is 7.38. The van der Waals surface area contributed by atoms with E-state index in [2.05, 4.69) is 22.3 Å². The molecule has 0 aliphatic carbocycles. The molecule has 118 valence electrons. The zero-order chi connectivity index (χ0) is 16.1. The van der Waals surface area contributed by atoms with Crippen molar-refractivity contribution in [2.24, 2.45) is 0 Å². The molecule has 0 saturated heterocycles. The van der Waals surface area contributed by atoms with Crippen molar-refractivity contribution in [2.45, 2.75) is 13.5 Å². The van der Waals surface area contributed by atoms with Crippen molar-refractivity contribution in [1.82, 2.24) is 10.2 Å². The summed E-state index contributed by atoms with van der Waals surface area (Å²) in [7, 11) is 0. The molecule has 0 atom stereocenters. The summed E-state index contributed by atoms with van der Waals surface area (Å²) in [4.78, 5) is 14.4. The van der Waals surface area contributed by atoms with Gasteiger partial charge in [-0.25, -0.2) is 0 Å². The Morgan fingerprint density at radius 1 is 1.13 bits per heavy atom. The average molecular weight is 324 g/mol. The van der Waals surface area contributed by atoms with Gasteiger partial charge in [0.1, 0.15) is 0 Å². The largest absolute Gasteiger partial charge is 0.375 e. The lowest BCUT2D eigenvalue weighted by Crippen LogP contribution is -2.22. The first-order chi connectivity index (χ1) is 11.2. The molecule has 0 fully saturated rings. The number of hydrogen-bond acceptors (Lipinski definition) is 4. The Labute approximate surface area is 141 Å². The minimum atomic E-state index is 0.158. The van der Waals surface area contributed by atoms with Crippen LogP contribution in [0.5, 0.6) is 0 Å². The minimum Gasteiger partial charge on any atom is -0.375 e. The molecular weight excluding hydrogens is 304 g/mol. The van der Waals surface area contributed by atoms with Gasteiger partial charge in [-0.05, 0) is 12.5 Å². The number of aryl methyl sites for hydroxylation is 1. The Balaban J connectivity index is 1.53. The van der Waals surface area contributed by atoms with Crippen LogP contribution in [0.2, 0.25) is 0 Å². The fraction of sp³-hybridized carbons (Fsp3) is 0.211. The lowest BCUT2D eigenvalue weighted by atomic mass is 10.1. The number of ketones is 1. The Kier molecular flexibility index (Phi) is 5.03. The van der Waals surface area contributed by atoms with Crippen LogP contribution in [-0.4, -0.2) is 23.1 Å². The van der Waals surface area contributed by atoms with Gasteiger partial charge in [0.05, 0.1) is 17.5 Å². The number of benzene rings is 2. The van der Waals surface area contributed by atoms with Gasteiger partial charge >= 0.3 is 0 Å². The van der Waals surface area contributed by atoms with Gasteiger partial charge in [-0.3, -0.25) is 4.79 Å². The molecule has 1 aliphatic rings. The molecule has 23 heavy (non-hydrogen) atoms. The third kappa shape index (κ3) is 4.39. The van der Waals surface area contributed by atoms with Crippen LogP contribution in [-0.2, 0) is 6.54 Å². The van der Waals surface area contributed by atoms with E-state index in [1.165, 1.54) is 11.1 Å². The van der Waals surface area contributed by atoms with Crippen molar-refractivity contribution in [1.29, 1.82) is 0 Å². The van der Waals surface area contributed by atoms with Gasteiger partial charge in [0.2, 0.25) is 0 Å². The van der Waals surface area contributed by atoms with Gasteiger partial charge in [-0.2, -0.15) is 0 Å². The third-order valence-electron chi connectivity index (χ3n) is 3.72. The maximum atomic E-state index is 12.3. The van der Waals surface area contributed by atoms with Gasteiger partial charge in [0.15, 0.2) is 5.78 Å². The molecule has 1 N–H and O–H groups in total. The first-order valence-electron chi connectivity index (χ1n) is 7.67. The predicted molar refractivity (Wildman–Crippen MR) is 96.0 cm³/mol. The van der Waals surface area contributed by atoms with Gasteiger partial charge < -0.3 is 10.2 Å². The Morgan fingerprint density at radius 2 is 1.87 bits per heavy atom. The SMILES string of the molecule is Cc1ccc(C(=O)CN2C=C(NCc3ccccc3)SC2)cc1. The molecule has 0 spiro atoms. The number of Topliss-reactive ketones (excluding diaryl/α,β-unsaturated/α-hetero) is 1. The highest BCUT2D eigenvalue weighted by molar-refractivity contribution is 8.03. The summed E-state index contributed by atoms with van der Waals surface area (Å²) in [5.41, 5.74) is 3.20. The fourth-order valence-corrected chi connectivity index (χ4v) is 3.25. The summed E-state index contributed by atoms with van der Waals surface area (Å²) in [6, 6.07) is 18.1. The molecule has 3 rings (SSSR count). The van der Waals surface area contributed by atoms with Crippen LogP contribution in [0.3, 0.4) is 0 Å². The molecule has 1 heterocycles. The molecule has 3 nitrogen and oxygen atoms in total. The molecule has 0 aromatic heterocycles. The van der Waals surface area contributed by atoms with E-state index in [1.54, 1.807) is 11.8 Å². The molecule has 2 aromatic carbocycles. The van der Waals surface area contributed by atoms with Crippen molar-refractivity contribution < 1.29 is 4.79 Å². The van der Waals surface area contributed by atoms with E-state index in [4.69, 9.17) is 0 Å². The summed E-state index contributed by atoms with van der Waals surface area (Å²) in [5.74, 6) is 0.973. The zero-order valence-corrected chi connectivity index (χ0v) is 14.0. The maximum absolute atomic E-state index is 12.3. The number of carbonyl (C=O) groups is 1. The minimum absolute atomic E-state index is 0.158. The van der Waals surface area contributed by atoms with E-state index >= 15 is 0 Å². The van der Waals surface area contributed by atoms with Crippen LogP contribution in [0, 0.1) is 6.92 Å². The third-order valence-corrected chi connectivity index (χ3v) is 4.74. The number of nitrogens with zero attached hydrogens (tertiary/aromatic N) is 1. The second-order valence-corrected chi connectivity index (χ2v) is 6.63. The molecule has 0 saturated carbocycles. The van der Waals surface area contributed by atoms with Crippen molar-refractivity contribution in [3.05, 3.63) is 82.5 Å². The zero-order valence-electron chi connectivity index (χ0n) is 13.2. The van der Waals surface area contributed by atoms with Gasteiger partial charge in [-0.15, -0.1) is 0 Å². The summed E-state index contributed by atoms with van der Waals surface area (Å²) in [6.07, 6.45) is 2.04. The maximum Gasteiger partial charge on any atom is 0.182 e. The monoisotopic (exact) mass is 324 g/mol. The van der Waals surface area contributed by atoms with Crippen molar-refractivity contribution in [3.8, 4) is 0 Å². The number of thioether (sulfide) groups is 1. The van der Waals surface area contributed by atoms with E-state index in [1.807, 2.05) is 55.6 Å². The van der Waals surface area contributed by atoms with E-state index in [9.17, 15) is 4.79 Å². The number of rotatable bonds is 6. The first kappa shape index (κ1) is 15.7. The normalized spacial score (nSPS) is 13.8. The quantitative estimate of drug-likeness (QED) is 0.820. The van der Waals surface area contributed by atoms with Gasteiger partial charge in [-0.1, -0.05) is 71.9 Å². The summed E-state index contributed by atoms with van der Waals surface area (Å²) >= 11 is 1.73. The van der Waals surface area contributed by atoms with Crippen molar-refractivity contribution >= 4 is 17.5 Å². The highest BCUT2D eigenvalue weighted by atomic mass is 32.2. The van der Waals surface area contributed by atoms with Crippen LogP contribution in [0.15, 0.2) is 65.8 Å². The second-order valence-electron chi connectivity index (χ2n) is 5.64. The highest BCUT2D eigenvalue weighted by Crippen LogP contribution is 2.23. The van der Waals surface area contributed by atoms with Crippen molar-refractivity contribution in [3.63, 3.8) is 0 Å². The topological polar surface area (TPSA) is 32.3 Å². The predicted octanol–water partition coefficient (Wildman–Crippen LogP) is 3.77. The number of hydrogen-bond donors (Lipinski definition) is 1. The van der Waals surface area contributed by atoms with E-state index < -0.39 is 0 Å². The Hall–Kier alpha value is -2.20. The van der Waals surface area contributed by atoms with Crippen LogP contribution in [0.1, 0.15) is 21.5 Å². The molecule has 0 radical (unpaired) electrons. The van der Waals surface area contributed by atoms with Crippen molar-refractivity contribution in [2.75, 3.05) is 12.4 Å². The smallest absolute Gasteiger partial charge is 0.182 e. The highest BCUT2D eigenvalue weighted by Gasteiger charge is 2.16. The standard InChI is InChI=1S/C19H20N2OS/c1-15-7-9-17(10-8-15)18(22)12-21-13-19(23-14-21)20-11-16-5-3-2-4-6-16/h2-10,13,20H,11-12,14H2,1H3.